The predicted molar refractivity (Wildman–Crippen MR) is 113 cm³/mol. The summed E-state index contributed by atoms with van der Waals surface area (Å²) in [6.45, 7) is 20.1. The summed E-state index contributed by atoms with van der Waals surface area (Å²) in [5.74, 6) is 9.38. The minimum absolute atomic E-state index is 0.869. The van der Waals surface area contributed by atoms with Gasteiger partial charge in [0.2, 0.25) is 0 Å². The lowest BCUT2D eigenvalue weighted by atomic mass is 9.61. The Hall–Kier alpha value is 0. The molecule has 0 heteroatoms. The molecule has 8 unspecified atom stereocenters. The van der Waals surface area contributed by atoms with Crippen LogP contribution in [0.1, 0.15) is 100 Å². The van der Waals surface area contributed by atoms with E-state index in [1.165, 1.54) is 44.9 Å². The lowest BCUT2D eigenvalue weighted by molar-refractivity contribution is 0.0538. The molecule has 2 rings (SSSR count). The summed E-state index contributed by atoms with van der Waals surface area (Å²) in [7, 11) is 0. The van der Waals surface area contributed by atoms with Gasteiger partial charge in [0.05, 0.1) is 0 Å². The summed E-state index contributed by atoms with van der Waals surface area (Å²) in [6, 6.07) is 0. The number of hydrogen-bond acceptors (Lipinski definition) is 0. The molecule has 2 saturated carbocycles. The third kappa shape index (κ3) is 5.49. The molecule has 0 spiro atoms. The van der Waals surface area contributed by atoms with Crippen LogP contribution in [0.5, 0.6) is 0 Å². The first-order valence-corrected chi connectivity index (χ1v) is 11.7. The molecule has 0 heterocycles. The van der Waals surface area contributed by atoms with Gasteiger partial charge in [-0.05, 0) is 91.3 Å². The van der Waals surface area contributed by atoms with Crippen molar-refractivity contribution in [3.8, 4) is 0 Å². The Morgan fingerprint density at radius 1 is 0.560 bits per heavy atom. The van der Waals surface area contributed by atoms with E-state index in [-0.39, 0.29) is 0 Å². The highest BCUT2D eigenvalue weighted by Gasteiger charge is 2.38. The van der Waals surface area contributed by atoms with Crippen molar-refractivity contribution < 1.29 is 0 Å². The molecular weight excluding hydrogens is 300 g/mol. The summed E-state index contributed by atoms with van der Waals surface area (Å²) in [4.78, 5) is 0. The van der Waals surface area contributed by atoms with Crippen LogP contribution in [-0.2, 0) is 0 Å². The Labute approximate surface area is 159 Å². The first-order valence-electron chi connectivity index (χ1n) is 11.7. The smallest absolute Gasteiger partial charge is 0.0355 e. The van der Waals surface area contributed by atoms with Crippen LogP contribution in [-0.4, -0.2) is 0 Å². The third-order valence-electron chi connectivity index (χ3n) is 8.35. The van der Waals surface area contributed by atoms with E-state index in [9.17, 15) is 0 Å². The van der Waals surface area contributed by atoms with Crippen molar-refractivity contribution in [2.45, 2.75) is 100 Å². The second-order valence-electron chi connectivity index (χ2n) is 11.2. The van der Waals surface area contributed by atoms with Gasteiger partial charge in [-0.3, -0.25) is 0 Å². The quantitative estimate of drug-likeness (QED) is 0.455. The van der Waals surface area contributed by atoms with Crippen molar-refractivity contribution in [1.82, 2.24) is 0 Å². The fraction of sp³-hybridized carbons (Fsp3) is 1.00. The fourth-order valence-electron chi connectivity index (χ4n) is 6.80. The van der Waals surface area contributed by atoms with Gasteiger partial charge in [-0.25, -0.2) is 0 Å². The summed E-state index contributed by atoms with van der Waals surface area (Å²) < 4.78 is 0. The summed E-state index contributed by atoms with van der Waals surface area (Å²) >= 11 is 0. The molecule has 0 aromatic rings. The Bertz CT molecular complexity index is 345. The SMILES string of the molecule is CC1CCC(C(C)C)C(C(C)CC(C)C2CC(C)CCC2C(C)C)C1. The Kier molecular flexibility index (Phi) is 7.90. The molecule has 0 N–H and O–H groups in total. The van der Waals surface area contributed by atoms with Crippen LogP contribution in [0.25, 0.3) is 0 Å². The molecule has 0 nitrogen and oxygen atoms in total. The molecule has 25 heavy (non-hydrogen) atoms. The van der Waals surface area contributed by atoms with Gasteiger partial charge in [0.1, 0.15) is 0 Å². The topological polar surface area (TPSA) is 0 Å². The first kappa shape index (κ1) is 21.3. The van der Waals surface area contributed by atoms with Gasteiger partial charge in [-0.15, -0.1) is 0 Å². The van der Waals surface area contributed by atoms with E-state index in [0.717, 1.165) is 59.2 Å². The maximum atomic E-state index is 2.60. The molecule has 0 bridgehead atoms. The predicted octanol–water partition coefficient (Wildman–Crippen LogP) is 8.07. The zero-order chi connectivity index (χ0) is 18.7. The van der Waals surface area contributed by atoms with Crippen molar-refractivity contribution in [3.63, 3.8) is 0 Å². The van der Waals surface area contributed by atoms with Crippen LogP contribution in [0.15, 0.2) is 0 Å². The summed E-state index contributed by atoms with van der Waals surface area (Å²) in [6.07, 6.45) is 10.4. The van der Waals surface area contributed by atoms with E-state index in [1.807, 2.05) is 0 Å². The number of rotatable bonds is 6. The number of hydrogen-bond donors (Lipinski definition) is 0. The average Bonchev–Trinajstić information content (AvgIpc) is 2.53. The first-order chi connectivity index (χ1) is 11.7. The average molecular weight is 349 g/mol. The maximum absolute atomic E-state index is 2.60. The third-order valence-corrected chi connectivity index (χ3v) is 8.35. The molecule has 0 aliphatic heterocycles. The molecular formula is C25H48. The zero-order valence-corrected chi connectivity index (χ0v) is 18.7. The largest absolute Gasteiger partial charge is 0.0625 e. The highest BCUT2D eigenvalue weighted by atomic mass is 14.4. The molecule has 0 aromatic heterocycles. The van der Waals surface area contributed by atoms with E-state index in [0.29, 0.717) is 0 Å². The van der Waals surface area contributed by atoms with E-state index in [4.69, 9.17) is 0 Å². The van der Waals surface area contributed by atoms with Crippen LogP contribution in [0.4, 0.5) is 0 Å². The highest BCUT2D eigenvalue weighted by Crippen LogP contribution is 2.47. The second-order valence-corrected chi connectivity index (χ2v) is 11.2. The maximum Gasteiger partial charge on any atom is -0.0355 e. The minimum atomic E-state index is 0.869. The van der Waals surface area contributed by atoms with Gasteiger partial charge < -0.3 is 0 Å². The molecule has 2 fully saturated rings. The minimum Gasteiger partial charge on any atom is -0.0625 e. The van der Waals surface area contributed by atoms with E-state index in [2.05, 4.69) is 55.4 Å². The monoisotopic (exact) mass is 348 g/mol. The second kappa shape index (κ2) is 9.27. The van der Waals surface area contributed by atoms with Gasteiger partial charge in [0, 0.05) is 0 Å². The van der Waals surface area contributed by atoms with Crippen molar-refractivity contribution in [3.05, 3.63) is 0 Å². The molecule has 8 atom stereocenters. The lowest BCUT2D eigenvalue weighted by Crippen LogP contribution is -2.36. The molecule has 2 aliphatic carbocycles. The Morgan fingerprint density at radius 2 is 0.920 bits per heavy atom. The molecule has 0 amide bonds. The van der Waals surface area contributed by atoms with Crippen LogP contribution in [0.2, 0.25) is 0 Å². The van der Waals surface area contributed by atoms with Crippen molar-refractivity contribution in [2.24, 2.45) is 59.2 Å². The molecule has 2 aliphatic rings. The van der Waals surface area contributed by atoms with Gasteiger partial charge in [-0.1, -0.05) is 68.2 Å². The Morgan fingerprint density at radius 3 is 1.24 bits per heavy atom. The Balaban J connectivity index is 2.02. The highest BCUT2D eigenvalue weighted by molar-refractivity contribution is 4.88. The van der Waals surface area contributed by atoms with Gasteiger partial charge in [0.15, 0.2) is 0 Å². The van der Waals surface area contributed by atoms with Crippen LogP contribution >= 0.6 is 0 Å². The summed E-state index contributed by atoms with van der Waals surface area (Å²) in [5, 5.41) is 0. The fourth-order valence-corrected chi connectivity index (χ4v) is 6.80. The lowest BCUT2D eigenvalue weighted by Gasteiger charge is -2.44. The molecule has 148 valence electrons. The van der Waals surface area contributed by atoms with Gasteiger partial charge >= 0.3 is 0 Å². The standard InChI is InChI=1S/C25H48/c1-16(2)22-11-9-18(5)13-24(22)20(7)15-21(8)25-14-19(6)10-12-23(25)17(3)4/h16-25H,9-15H2,1-8H3. The van der Waals surface area contributed by atoms with Crippen LogP contribution < -0.4 is 0 Å². The molecule has 0 radical (unpaired) electrons. The van der Waals surface area contributed by atoms with Gasteiger partial charge in [0.25, 0.3) is 0 Å². The van der Waals surface area contributed by atoms with E-state index in [1.54, 1.807) is 0 Å². The summed E-state index contributed by atoms with van der Waals surface area (Å²) in [5.41, 5.74) is 0. The van der Waals surface area contributed by atoms with Crippen LogP contribution in [0.3, 0.4) is 0 Å². The zero-order valence-electron chi connectivity index (χ0n) is 18.7. The van der Waals surface area contributed by atoms with Crippen molar-refractivity contribution >= 4 is 0 Å². The van der Waals surface area contributed by atoms with Crippen molar-refractivity contribution in [2.75, 3.05) is 0 Å². The van der Waals surface area contributed by atoms with Gasteiger partial charge in [-0.2, -0.15) is 0 Å². The molecule has 0 saturated heterocycles. The normalized spacial score (nSPS) is 39.6. The van der Waals surface area contributed by atoms with E-state index >= 15 is 0 Å². The van der Waals surface area contributed by atoms with Crippen LogP contribution in [0, 0.1) is 59.2 Å². The van der Waals surface area contributed by atoms with Crippen molar-refractivity contribution in [1.29, 1.82) is 0 Å². The molecule has 0 aromatic carbocycles. The van der Waals surface area contributed by atoms with E-state index < -0.39 is 0 Å².